The van der Waals surface area contributed by atoms with Crippen LogP contribution in [0.2, 0.25) is 0 Å². The van der Waals surface area contributed by atoms with E-state index in [0.717, 1.165) is 18.1 Å². The van der Waals surface area contributed by atoms with Gasteiger partial charge < -0.3 is 4.74 Å². The van der Waals surface area contributed by atoms with Gasteiger partial charge in [0.05, 0.1) is 6.10 Å². The highest BCUT2D eigenvalue weighted by molar-refractivity contribution is 5.33. The van der Waals surface area contributed by atoms with Crippen molar-refractivity contribution >= 4 is 0 Å². The lowest BCUT2D eigenvalue weighted by Gasteiger charge is -2.22. The molecule has 0 radical (unpaired) electrons. The lowest BCUT2D eigenvalue weighted by molar-refractivity contribution is 0.153. The molecule has 0 bridgehead atoms. The maximum atomic E-state index is 6.12. The number of hydrogen-bond donors (Lipinski definition) is 0. The van der Waals surface area contributed by atoms with Crippen LogP contribution in [0.4, 0.5) is 0 Å². The molecule has 1 heteroatoms. The van der Waals surface area contributed by atoms with Crippen molar-refractivity contribution in [3.05, 3.63) is 29.8 Å². The van der Waals surface area contributed by atoms with Gasteiger partial charge in [-0.15, -0.1) is 0 Å². The maximum absolute atomic E-state index is 6.12. The highest BCUT2D eigenvalue weighted by Crippen LogP contribution is 2.31. The second kappa shape index (κ2) is 5.38. The SMILES string of the molecule is CCc1ccccc1OC(C)C1CCCC1. The fraction of sp³-hybridized carbons (Fsp3) is 0.600. The fourth-order valence-electron chi connectivity index (χ4n) is 2.63. The summed E-state index contributed by atoms with van der Waals surface area (Å²) in [5, 5.41) is 0. The van der Waals surface area contributed by atoms with Gasteiger partial charge in [0, 0.05) is 0 Å². The van der Waals surface area contributed by atoms with Crippen LogP contribution in [0, 0.1) is 5.92 Å². The summed E-state index contributed by atoms with van der Waals surface area (Å²) in [4.78, 5) is 0. The van der Waals surface area contributed by atoms with Crippen molar-refractivity contribution in [1.29, 1.82) is 0 Å². The average molecular weight is 218 g/mol. The van der Waals surface area contributed by atoms with Gasteiger partial charge in [-0.3, -0.25) is 0 Å². The molecule has 1 aromatic rings. The number of hydrogen-bond acceptors (Lipinski definition) is 1. The van der Waals surface area contributed by atoms with Gasteiger partial charge >= 0.3 is 0 Å². The largest absolute Gasteiger partial charge is 0.490 e. The van der Waals surface area contributed by atoms with Gasteiger partial charge in [0.15, 0.2) is 0 Å². The highest BCUT2D eigenvalue weighted by atomic mass is 16.5. The maximum Gasteiger partial charge on any atom is 0.122 e. The van der Waals surface area contributed by atoms with E-state index in [4.69, 9.17) is 4.74 Å². The van der Waals surface area contributed by atoms with Gasteiger partial charge in [0.1, 0.15) is 5.75 Å². The Kier molecular flexibility index (Phi) is 3.87. The Hall–Kier alpha value is -0.980. The number of ether oxygens (including phenoxy) is 1. The first-order valence-corrected chi connectivity index (χ1v) is 6.56. The molecule has 1 nitrogen and oxygen atoms in total. The Labute approximate surface area is 98.8 Å². The number of benzene rings is 1. The summed E-state index contributed by atoms with van der Waals surface area (Å²) in [5.74, 6) is 1.86. The molecule has 1 unspecified atom stereocenters. The van der Waals surface area contributed by atoms with Crippen molar-refractivity contribution in [2.24, 2.45) is 5.92 Å². The molecule has 0 amide bonds. The molecule has 1 saturated carbocycles. The van der Waals surface area contributed by atoms with E-state index in [1.165, 1.54) is 31.2 Å². The molecule has 1 aromatic carbocycles. The van der Waals surface area contributed by atoms with Crippen molar-refractivity contribution < 1.29 is 4.74 Å². The van der Waals surface area contributed by atoms with Gasteiger partial charge in [0.2, 0.25) is 0 Å². The van der Waals surface area contributed by atoms with E-state index in [1.807, 2.05) is 0 Å². The third-order valence-corrected chi connectivity index (χ3v) is 3.73. The minimum atomic E-state index is 0.371. The molecule has 1 atom stereocenters. The molecule has 1 aliphatic carbocycles. The molecule has 88 valence electrons. The first kappa shape index (κ1) is 11.5. The molecule has 0 N–H and O–H groups in total. The van der Waals surface area contributed by atoms with E-state index in [-0.39, 0.29) is 0 Å². The van der Waals surface area contributed by atoms with Crippen LogP contribution < -0.4 is 4.74 Å². The van der Waals surface area contributed by atoms with Crippen LogP contribution in [0.25, 0.3) is 0 Å². The van der Waals surface area contributed by atoms with E-state index < -0.39 is 0 Å². The van der Waals surface area contributed by atoms with E-state index in [0.29, 0.717) is 6.10 Å². The van der Waals surface area contributed by atoms with Gasteiger partial charge in [0.25, 0.3) is 0 Å². The van der Waals surface area contributed by atoms with Crippen LogP contribution >= 0.6 is 0 Å². The van der Waals surface area contributed by atoms with Gasteiger partial charge in [-0.2, -0.15) is 0 Å². The summed E-state index contributed by atoms with van der Waals surface area (Å²) < 4.78 is 6.12. The molecule has 16 heavy (non-hydrogen) atoms. The second-order valence-corrected chi connectivity index (χ2v) is 4.83. The first-order chi connectivity index (χ1) is 7.81. The Morgan fingerprint density at radius 2 is 1.94 bits per heavy atom. The monoisotopic (exact) mass is 218 g/mol. The number of para-hydroxylation sites is 1. The van der Waals surface area contributed by atoms with Crippen molar-refractivity contribution in [3.63, 3.8) is 0 Å². The van der Waals surface area contributed by atoms with Gasteiger partial charge in [-0.25, -0.2) is 0 Å². The van der Waals surface area contributed by atoms with E-state index >= 15 is 0 Å². The highest BCUT2D eigenvalue weighted by Gasteiger charge is 2.23. The summed E-state index contributed by atoms with van der Waals surface area (Å²) >= 11 is 0. The number of rotatable bonds is 4. The Balaban J connectivity index is 2.01. The second-order valence-electron chi connectivity index (χ2n) is 4.83. The lowest BCUT2D eigenvalue weighted by Crippen LogP contribution is -2.21. The van der Waals surface area contributed by atoms with Gasteiger partial charge in [-0.05, 0) is 43.7 Å². The van der Waals surface area contributed by atoms with Crippen LogP contribution in [0.1, 0.15) is 45.1 Å². The third kappa shape index (κ3) is 2.58. The average Bonchev–Trinajstić information content (AvgIpc) is 2.83. The van der Waals surface area contributed by atoms with Crippen LogP contribution in [0.15, 0.2) is 24.3 Å². The molecule has 1 fully saturated rings. The predicted octanol–water partition coefficient (Wildman–Crippen LogP) is 4.21. The minimum Gasteiger partial charge on any atom is -0.490 e. The summed E-state index contributed by atoms with van der Waals surface area (Å²) in [5.41, 5.74) is 1.33. The van der Waals surface area contributed by atoms with Crippen LogP contribution in [-0.4, -0.2) is 6.10 Å². The first-order valence-electron chi connectivity index (χ1n) is 6.56. The Morgan fingerprint density at radius 1 is 1.25 bits per heavy atom. The predicted molar refractivity (Wildman–Crippen MR) is 67.9 cm³/mol. The standard InChI is InChI=1S/C15H22O/c1-3-13-8-6-7-11-15(13)16-12(2)14-9-4-5-10-14/h6-8,11-12,14H,3-5,9-10H2,1-2H3. The molecule has 0 saturated heterocycles. The molecular formula is C15H22O. The van der Waals surface area contributed by atoms with E-state index in [1.54, 1.807) is 0 Å². The quantitative estimate of drug-likeness (QED) is 0.735. The van der Waals surface area contributed by atoms with E-state index in [2.05, 4.69) is 38.1 Å². The van der Waals surface area contributed by atoms with Crippen molar-refractivity contribution in [2.75, 3.05) is 0 Å². The minimum absolute atomic E-state index is 0.371. The van der Waals surface area contributed by atoms with Gasteiger partial charge in [-0.1, -0.05) is 38.0 Å². The molecule has 1 aliphatic rings. The van der Waals surface area contributed by atoms with Crippen LogP contribution in [-0.2, 0) is 6.42 Å². The van der Waals surface area contributed by atoms with E-state index in [9.17, 15) is 0 Å². The summed E-state index contributed by atoms with van der Waals surface area (Å²) in [6.45, 7) is 4.41. The Morgan fingerprint density at radius 3 is 2.62 bits per heavy atom. The molecule has 0 aromatic heterocycles. The molecular weight excluding hydrogens is 196 g/mol. The summed E-state index contributed by atoms with van der Waals surface area (Å²) in [6.07, 6.45) is 6.87. The summed E-state index contributed by atoms with van der Waals surface area (Å²) in [6, 6.07) is 8.42. The van der Waals surface area contributed by atoms with Crippen molar-refractivity contribution in [1.82, 2.24) is 0 Å². The fourth-order valence-corrected chi connectivity index (χ4v) is 2.63. The molecule has 2 rings (SSSR count). The molecule has 0 heterocycles. The Bertz CT molecular complexity index is 326. The smallest absolute Gasteiger partial charge is 0.122 e. The molecule has 0 spiro atoms. The lowest BCUT2D eigenvalue weighted by atomic mass is 10.0. The van der Waals surface area contributed by atoms with Crippen molar-refractivity contribution in [3.8, 4) is 5.75 Å². The topological polar surface area (TPSA) is 9.23 Å². The van der Waals surface area contributed by atoms with Crippen LogP contribution in [0.5, 0.6) is 5.75 Å². The molecule has 0 aliphatic heterocycles. The third-order valence-electron chi connectivity index (χ3n) is 3.73. The zero-order valence-electron chi connectivity index (χ0n) is 10.4. The summed E-state index contributed by atoms with van der Waals surface area (Å²) in [7, 11) is 0. The zero-order valence-corrected chi connectivity index (χ0v) is 10.4. The normalized spacial score (nSPS) is 18.6. The van der Waals surface area contributed by atoms with Crippen molar-refractivity contribution in [2.45, 2.75) is 52.1 Å². The number of aryl methyl sites for hydroxylation is 1. The van der Waals surface area contributed by atoms with Crippen LogP contribution in [0.3, 0.4) is 0 Å². The zero-order chi connectivity index (χ0) is 11.4.